The molecule has 0 radical (unpaired) electrons. The lowest BCUT2D eigenvalue weighted by Gasteiger charge is -2.62. The molecule has 0 unspecified atom stereocenters. The molecule has 3 saturated carbocycles. The van der Waals surface area contributed by atoms with Crippen LogP contribution in [0.1, 0.15) is 26.2 Å². The second-order valence-corrected chi connectivity index (χ2v) is 9.74. The van der Waals surface area contributed by atoms with Crippen molar-refractivity contribution in [1.29, 1.82) is 0 Å². The normalized spacial score (nSPS) is 60.7. The van der Waals surface area contributed by atoms with E-state index in [1.807, 2.05) is 6.92 Å². The summed E-state index contributed by atoms with van der Waals surface area (Å²) >= 11 is 0. The third kappa shape index (κ3) is 1.52. The van der Waals surface area contributed by atoms with Gasteiger partial charge in [-0.1, -0.05) is 13.5 Å². The molecule has 7 heteroatoms. The Kier molecular flexibility index (Phi) is 2.87. The predicted molar refractivity (Wildman–Crippen MR) is 89.0 cm³/mol. The summed E-state index contributed by atoms with van der Waals surface area (Å²) in [5.74, 6) is -1.84. The molecule has 2 N–H and O–H groups in total. The molecule has 6 aliphatic rings. The van der Waals surface area contributed by atoms with Crippen LogP contribution in [0.5, 0.6) is 0 Å². The minimum atomic E-state index is -1.38. The molecule has 0 aromatic carbocycles. The van der Waals surface area contributed by atoms with Crippen LogP contribution in [0.4, 0.5) is 0 Å². The van der Waals surface area contributed by atoms with Crippen LogP contribution in [0.15, 0.2) is 12.2 Å². The molecule has 146 valence electrons. The average molecular weight is 376 g/mol. The molecule has 7 nitrogen and oxygen atoms in total. The van der Waals surface area contributed by atoms with Crippen LogP contribution in [0.25, 0.3) is 0 Å². The van der Waals surface area contributed by atoms with E-state index in [-0.39, 0.29) is 30.6 Å². The van der Waals surface area contributed by atoms with Gasteiger partial charge in [0.25, 0.3) is 0 Å². The molecule has 3 aliphatic heterocycles. The molecule has 0 aromatic heterocycles. The van der Waals surface area contributed by atoms with E-state index in [1.54, 1.807) is 0 Å². The zero-order valence-electron chi connectivity index (χ0n) is 15.2. The summed E-state index contributed by atoms with van der Waals surface area (Å²) in [5.41, 5.74) is -2.23. The Labute approximate surface area is 156 Å². The maximum Gasteiger partial charge on any atom is 0.320 e. The highest BCUT2D eigenvalue weighted by Crippen LogP contribution is 2.72. The van der Waals surface area contributed by atoms with Gasteiger partial charge in [-0.2, -0.15) is 0 Å². The second kappa shape index (κ2) is 4.64. The Hall–Kier alpha value is -1.28. The Balaban J connectivity index is 1.60. The largest absolute Gasteiger partial charge is 0.461 e. The molecule has 6 fully saturated rings. The molecule has 2 spiro atoms. The van der Waals surface area contributed by atoms with Gasteiger partial charge in [-0.3, -0.25) is 9.59 Å². The average Bonchev–Trinajstić information content (AvgIpc) is 3.23. The Morgan fingerprint density at radius 2 is 1.85 bits per heavy atom. The number of carbonyl (C=O) groups excluding carboxylic acids is 2. The van der Waals surface area contributed by atoms with Gasteiger partial charge in [0, 0.05) is 29.1 Å². The minimum absolute atomic E-state index is 0.178. The summed E-state index contributed by atoms with van der Waals surface area (Å²) in [5, 5.41) is 22.0. The van der Waals surface area contributed by atoms with E-state index in [2.05, 4.69) is 6.58 Å². The van der Waals surface area contributed by atoms with E-state index in [0.29, 0.717) is 25.0 Å². The SMILES string of the molecule is C=C1C(=O)[C@]23C[C@H]1C[C@@H](O)[C@H]2[C@@]12CO[C@@H]4OC[C@@](C)([C@@H]41)[C@@H](O)C[C@@H]2OC3=O. The third-order valence-corrected chi connectivity index (χ3v) is 8.81. The van der Waals surface area contributed by atoms with Crippen molar-refractivity contribution in [2.45, 2.75) is 50.8 Å². The van der Waals surface area contributed by atoms with Gasteiger partial charge in [0.05, 0.1) is 25.4 Å². The van der Waals surface area contributed by atoms with Crippen molar-refractivity contribution in [3.05, 3.63) is 12.2 Å². The van der Waals surface area contributed by atoms with Gasteiger partial charge in [-0.15, -0.1) is 0 Å². The van der Waals surface area contributed by atoms with Crippen molar-refractivity contribution in [2.24, 2.45) is 34.0 Å². The first kappa shape index (κ1) is 16.7. The quantitative estimate of drug-likeness (QED) is 0.353. The first-order valence-electron chi connectivity index (χ1n) is 9.81. The topological polar surface area (TPSA) is 102 Å². The van der Waals surface area contributed by atoms with Crippen molar-refractivity contribution < 1.29 is 34.0 Å². The van der Waals surface area contributed by atoms with E-state index in [0.717, 1.165) is 0 Å². The van der Waals surface area contributed by atoms with E-state index in [4.69, 9.17) is 14.2 Å². The molecule has 3 heterocycles. The van der Waals surface area contributed by atoms with E-state index < -0.39 is 52.7 Å². The van der Waals surface area contributed by atoms with Gasteiger partial charge in [0.2, 0.25) is 0 Å². The van der Waals surface area contributed by atoms with Crippen LogP contribution in [-0.2, 0) is 23.8 Å². The summed E-state index contributed by atoms with van der Waals surface area (Å²) < 4.78 is 17.7. The number of fused-ring (bicyclic) bond motifs is 1. The summed E-state index contributed by atoms with van der Waals surface area (Å²) in [6.07, 6.45) is -1.55. The first-order chi connectivity index (χ1) is 12.8. The van der Waals surface area contributed by atoms with E-state index >= 15 is 0 Å². The number of ether oxygens (including phenoxy) is 3. The molecule has 0 aromatic rings. The van der Waals surface area contributed by atoms with Gasteiger partial charge >= 0.3 is 5.97 Å². The number of hydrogen-bond acceptors (Lipinski definition) is 7. The second-order valence-electron chi connectivity index (χ2n) is 9.74. The number of esters is 1. The lowest BCUT2D eigenvalue weighted by atomic mass is 9.43. The van der Waals surface area contributed by atoms with Crippen LogP contribution >= 0.6 is 0 Å². The molecule has 3 aliphatic carbocycles. The van der Waals surface area contributed by atoms with Crippen molar-refractivity contribution >= 4 is 11.8 Å². The lowest BCUT2D eigenvalue weighted by molar-refractivity contribution is -0.259. The summed E-state index contributed by atoms with van der Waals surface area (Å²) in [6.45, 7) is 6.51. The summed E-state index contributed by atoms with van der Waals surface area (Å²) in [4.78, 5) is 26.4. The molecule has 3 saturated heterocycles. The molecule has 10 atom stereocenters. The summed E-state index contributed by atoms with van der Waals surface area (Å²) in [7, 11) is 0. The molecular formula is C20H24O7. The highest BCUT2D eigenvalue weighted by Gasteiger charge is 2.81. The predicted octanol–water partition coefficient (Wildman–Crippen LogP) is 0.184. The molecule has 27 heavy (non-hydrogen) atoms. The lowest BCUT2D eigenvalue weighted by Crippen LogP contribution is -2.72. The first-order valence-corrected chi connectivity index (χ1v) is 9.81. The number of hydrogen-bond donors (Lipinski definition) is 2. The van der Waals surface area contributed by atoms with Gasteiger partial charge in [-0.05, 0) is 24.3 Å². The zero-order valence-corrected chi connectivity index (χ0v) is 15.2. The molecule has 6 rings (SSSR count). The highest BCUT2D eigenvalue weighted by atomic mass is 16.7. The minimum Gasteiger partial charge on any atom is -0.461 e. The van der Waals surface area contributed by atoms with Crippen LogP contribution in [0, 0.1) is 34.0 Å². The number of allylic oxidation sites excluding steroid dienone is 1. The number of carbonyl (C=O) groups is 2. The van der Waals surface area contributed by atoms with Gasteiger partial charge < -0.3 is 24.4 Å². The fraction of sp³-hybridized carbons (Fsp3) is 0.800. The molecule has 0 amide bonds. The number of ketones is 1. The van der Waals surface area contributed by atoms with Crippen LogP contribution in [0.2, 0.25) is 0 Å². The maximum atomic E-state index is 13.2. The standard InChI is InChI=1S/C20H24O7/c1-8-9-3-10(21)13-19(5-9,15(8)23)17(24)27-12-4-11(22)18(2)6-25-16-14(18)20(12,13)7-26-16/h9-14,16,21-22H,1,3-7H2,2H3/t9-,10-,11+,12+,13-,14-,16+,18-,19+,20+/m1/s1. The number of rotatable bonds is 0. The number of aliphatic hydroxyl groups is 2. The van der Waals surface area contributed by atoms with Crippen LogP contribution < -0.4 is 0 Å². The highest BCUT2D eigenvalue weighted by molar-refractivity contribution is 6.15. The van der Waals surface area contributed by atoms with Crippen molar-refractivity contribution in [2.75, 3.05) is 13.2 Å². The molecular weight excluding hydrogens is 352 g/mol. The summed E-state index contributed by atoms with van der Waals surface area (Å²) in [6, 6.07) is 0. The number of aliphatic hydroxyl groups excluding tert-OH is 2. The van der Waals surface area contributed by atoms with Gasteiger partial charge in [-0.25, -0.2) is 0 Å². The Morgan fingerprint density at radius 3 is 2.63 bits per heavy atom. The Bertz CT molecular complexity index is 793. The van der Waals surface area contributed by atoms with Gasteiger partial charge in [0.1, 0.15) is 11.5 Å². The van der Waals surface area contributed by atoms with Crippen LogP contribution in [0.3, 0.4) is 0 Å². The molecule has 2 bridgehead atoms. The monoisotopic (exact) mass is 376 g/mol. The van der Waals surface area contributed by atoms with E-state index in [1.165, 1.54) is 0 Å². The fourth-order valence-corrected chi connectivity index (χ4v) is 7.70. The number of Topliss-reactive ketones (excluding diaryl/α,β-unsaturated/α-hetero) is 1. The smallest absolute Gasteiger partial charge is 0.320 e. The zero-order chi connectivity index (χ0) is 18.9. The maximum absolute atomic E-state index is 13.2. The van der Waals surface area contributed by atoms with Crippen molar-refractivity contribution in [3.63, 3.8) is 0 Å². The van der Waals surface area contributed by atoms with Crippen molar-refractivity contribution in [1.82, 2.24) is 0 Å². The fourth-order valence-electron chi connectivity index (χ4n) is 7.70. The van der Waals surface area contributed by atoms with Gasteiger partial charge in [0.15, 0.2) is 12.1 Å². The van der Waals surface area contributed by atoms with E-state index in [9.17, 15) is 19.8 Å². The third-order valence-electron chi connectivity index (χ3n) is 8.81. The van der Waals surface area contributed by atoms with Crippen molar-refractivity contribution in [3.8, 4) is 0 Å². The van der Waals surface area contributed by atoms with Crippen LogP contribution in [-0.4, -0.2) is 59.8 Å². The Morgan fingerprint density at radius 1 is 1.11 bits per heavy atom.